The molecule has 37 heavy (non-hydrogen) atoms. The van der Waals surface area contributed by atoms with Crippen molar-refractivity contribution in [1.82, 2.24) is 24.8 Å². The normalized spacial score (nSPS) is 20.0. The highest BCUT2D eigenvalue weighted by atomic mass is 35.5. The van der Waals surface area contributed by atoms with Crippen LogP contribution in [-0.4, -0.2) is 62.0 Å². The Kier molecular flexibility index (Phi) is 7.64. The zero-order valence-electron chi connectivity index (χ0n) is 21.6. The number of amides is 2. The van der Waals surface area contributed by atoms with Crippen molar-refractivity contribution >= 4 is 23.6 Å². The molecule has 2 atom stereocenters. The number of fused-ring (bicyclic) bond motifs is 1. The summed E-state index contributed by atoms with van der Waals surface area (Å²) in [5, 5.41) is 8.03. The van der Waals surface area contributed by atoms with Crippen LogP contribution in [0.1, 0.15) is 69.1 Å². The summed E-state index contributed by atoms with van der Waals surface area (Å²) in [4.78, 5) is 29.4. The Labute approximate surface area is 219 Å². The second-order valence-electron chi connectivity index (χ2n) is 10.5. The quantitative estimate of drug-likeness (QED) is 0.529. The van der Waals surface area contributed by atoms with E-state index in [0.29, 0.717) is 35.8 Å². The maximum absolute atomic E-state index is 13.5. The van der Waals surface area contributed by atoms with Gasteiger partial charge in [-0.05, 0) is 51.3 Å². The summed E-state index contributed by atoms with van der Waals surface area (Å²) in [6.45, 7) is 8.15. The number of hydrogen-bond acceptors (Lipinski definition) is 6. The van der Waals surface area contributed by atoms with E-state index in [-0.39, 0.29) is 36.4 Å². The molecule has 0 radical (unpaired) electrons. The van der Waals surface area contributed by atoms with E-state index in [1.165, 1.54) is 7.05 Å². The van der Waals surface area contributed by atoms with Gasteiger partial charge in [-0.25, -0.2) is 18.3 Å². The third-order valence-electron chi connectivity index (χ3n) is 6.67. The minimum absolute atomic E-state index is 0.0149. The van der Waals surface area contributed by atoms with Crippen LogP contribution in [0.15, 0.2) is 12.1 Å². The SMILES string of the molecule is C[C@H]1CCN(CC2c3c(OCc4nnn(C)c4C(F)F)ccc(Cl)c3CCN2C(=O)OC(C)(C)C)C1=O. The van der Waals surface area contributed by atoms with Crippen LogP contribution in [0.4, 0.5) is 13.6 Å². The summed E-state index contributed by atoms with van der Waals surface area (Å²) >= 11 is 6.57. The van der Waals surface area contributed by atoms with Crippen LogP contribution in [0.2, 0.25) is 5.02 Å². The number of rotatable bonds is 6. The Hall–Kier alpha value is -2.95. The number of likely N-dealkylation sites (tertiary alicyclic amines) is 1. The fourth-order valence-corrected chi connectivity index (χ4v) is 5.10. The maximum atomic E-state index is 13.5. The van der Waals surface area contributed by atoms with Gasteiger partial charge in [0.15, 0.2) is 0 Å². The fraction of sp³-hybridized carbons (Fsp3) is 0.600. The largest absolute Gasteiger partial charge is 0.487 e. The van der Waals surface area contributed by atoms with E-state index < -0.39 is 24.2 Å². The molecule has 2 amide bonds. The van der Waals surface area contributed by atoms with Crippen molar-refractivity contribution in [2.24, 2.45) is 13.0 Å². The molecule has 202 valence electrons. The van der Waals surface area contributed by atoms with Crippen molar-refractivity contribution in [3.8, 4) is 5.75 Å². The van der Waals surface area contributed by atoms with Gasteiger partial charge in [0.25, 0.3) is 6.43 Å². The summed E-state index contributed by atoms with van der Waals surface area (Å²) in [6, 6.07) is 2.74. The summed E-state index contributed by atoms with van der Waals surface area (Å²) < 4.78 is 39.8. The van der Waals surface area contributed by atoms with E-state index in [2.05, 4.69) is 10.3 Å². The highest BCUT2D eigenvalue weighted by molar-refractivity contribution is 6.31. The van der Waals surface area contributed by atoms with E-state index in [9.17, 15) is 18.4 Å². The molecule has 3 heterocycles. The predicted octanol–water partition coefficient (Wildman–Crippen LogP) is 4.69. The third kappa shape index (κ3) is 5.66. The lowest BCUT2D eigenvalue weighted by molar-refractivity contribution is -0.131. The lowest BCUT2D eigenvalue weighted by Crippen LogP contribution is -2.47. The first-order valence-corrected chi connectivity index (χ1v) is 12.6. The molecule has 0 saturated carbocycles. The molecule has 2 aliphatic heterocycles. The minimum atomic E-state index is -2.77. The van der Waals surface area contributed by atoms with Gasteiger partial charge in [0.2, 0.25) is 5.91 Å². The van der Waals surface area contributed by atoms with Gasteiger partial charge in [0, 0.05) is 43.2 Å². The average Bonchev–Trinajstić information content (AvgIpc) is 3.34. The monoisotopic (exact) mass is 539 g/mol. The van der Waals surface area contributed by atoms with Gasteiger partial charge in [-0.3, -0.25) is 9.69 Å². The second-order valence-corrected chi connectivity index (χ2v) is 10.9. The van der Waals surface area contributed by atoms with Crippen LogP contribution in [0.3, 0.4) is 0 Å². The van der Waals surface area contributed by atoms with Gasteiger partial charge in [-0.2, -0.15) is 0 Å². The van der Waals surface area contributed by atoms with Gasteiger partial charge in [0.05, 0.1) is 6.04 Å². The van der Waals surface area contributed by atoms with E-state index in [0.717, 1.165) is 16.7 Å². The number of aromatic nitrogens is 3. The number of benzene rings is 1. The summed E-state index contributed by atoms with van der Waals surface area (Å²) in [7, 11) is 1.39. The van der Waals surface area contributed by atoms with Crippen LogP contribution in [0, 0.1) is 5.92 Å². The van der Waals surface area contributed by atoms with Crippen molar-refractivity contribution in [3.05, 3.63) is 39.7 Å². The van der Waals surface area contributed by atoms with Crippen molar-refractivity contribution in [2.75, 3.05) is 19.6 Å². The van der Waals surface area contributed by atoms with Crippen LogP contribution < -0.4 is 4.74 Å². The number of hydrogen-bond donors (Lipinski definition) is 0. The Morgan fingerprint density at radius 2 is 2.00 bits per heavy atom. The molecule has 2 aromatic rings. The highest BCUT2D eigenvalue weighted by Gasteiger charge is 2.40. The standard InChI is InChI=1S/C25H32ClF2N5O4/c1-14-8-10-32(23(14)34)12-18-20-15(9-11-33(18)24(35)37-25(2,3)4)16(26)6-7-19(20)36-13-17-21(22(27)28)31(5)30-29-17/h6-7,14,18,22H,8-13H2,1-5H3/t14-,18?/m0/s1. The number of aryl methyl sites for hydroxylation is 1. The van der Waals surface area contributed by atoms with Crippen LogP contribution in [0.5, 0.6) is 5.75 Å². The Morgan fingerprint density at radius 1 is 1.27 bits per heavy atom. The first-order chi connectivity index (χ1) is 17.4. The lowest BCUT2D eigenvalue weighted by atomic mass is 9.91. The van der Waals surface area contributed by atoms with E-state index in [1.54, 1.807) is 42.7 Å². The van der Waals surface area contributed by atoms with Crippen LogP contribution in [0.25, 0.3) is 0 Å². The van der Waals surface area contributed by atoms with Gasteiger partial charge in [-0.1, -0.05) is 23.7 Å². The van der Waals surface area contributed by atoms with Crippen molar-refractivity contribution < 1.29 is 27.8 Å². The smallest absolute Gasteiger partial charge is 0.410 e. The molecule has 0 N–H and O–H groups in total. The van der Waals surface area contributed by atoms with Gasteiger partial charge < -0.3 is 14.4 Å². The molecule has 2 aliphatic rings. The average molecular weight is 540 g/mol. The predicted molar refractivity (Wildman–Crippen MR) is 131 cm³/mol. The molecule has 4 rings (SSSR count). The highest BCUT2D eigenvalue weighted by Crippen LogP contribution is 2.42. The number of ether oxygens (including phenoxy) is 2. The summed E-state index contributed by atoms with van der Waals surface area (Å²) in [5.41, 5.74) is 0.398. The van der Waals surface area contributed by atoms with Crippen molar-refractivity contribution in [2.45, 2.75) is 65.2 Å². The molecule has 0 aliphatic carbocycles. The molecule has 0 bridgehead atoms. The first-order valence-electron chi connectivity index (χ1n) is 12.3. The Morgan fingerprint density at radius 3 is 2.62 bits per heavy atom. The molecule has 1 aromatic heterocycles. The molecule has 1 aromatic carbocycles. The van der Waals surface area contributed by atoms with Crippen LogP contribution >= 0.6 is 11.6 Å². The topological polar surface area (TPSA) is 89.8 Å². The lowest BCUT2D eigenvalue weighted by Gasteiger charge is -2.40. The number of carbonyl (C=O) groups is 2. The van der Waals surface area contributed by atoms with Crippen molar-refractivity contribution in [1.29, 1.82) is 0 Å². The van der Waals surface area contributed by atoms with Crippen molar-refractivity contribution in [3.63, 3.8) is 0 Å². The number of alkyl halides is 2. The molecule has 1 saturated heterocycles. The number of nitrogens with zero attached hydrogens (tertiary/aromatic N) is 5. The van der Waals surface area contributed by atoms with E-state index in [4.69, 9.17) is 21.1 Å². The Bertz CT molecular complexity index is 1180. The number of carbonyl (C=O) groups excluding carboxylic acids is 2. The summed E-state index contributed by atoms with van der Waals surface area (Å²) in [6.07, 6.45) is -2.11. The van der Waals surface area contributed by atoms with Crippen LogP contribution in [-0.2, 0) is 29.6 Å². The van der Waals surface area contributed by atoms with Gasteiger partial charge in [-0.15, -0.1) is 5.10 Å². The molecule has 12 heteroatoms. The Balaban J connectivity index is 1.72. The van der Waals surface area contributed by atoms with Gasteiger partial charge >= 0.3 is 6.09 Å². The molecule has 1 unspecified atom stereocenters. The van der Waals surface area contributed by atoms with Gasteiger partial charge in [0.1, 0.15) is 29.3 Å². The van der Waals surface area contributed by atoms with E-state index >= 15 is 0 Å². The molecule has 1 fully saturated rings. The number of halogens is 3. The van der Waals surface area contributed by atoms with E-state index in [1.807, 2.05) is 6.92 Å². The molecule has 0 spiro atoms. The molecular formula is C25H32ClF2N5O4. The fourth-order valence-electron chi connectivity index (χ4n) is 4.84. The molecular weight excluding hydrogens is 508 g/mol. The molecule has 9 nitrogen and oxygen atoms in total. The zero-order valence-corrected chi connectivity index (χ0v) is 22.4. The summed E-state index contributed by atoms with van der Waals surface area (Å²) in [5.74, 6) is 0.294. The second kappa shape index (κ2) is 10.4. The minimum Gasteiger partial charge on any atom is -0.487 e. The third-order valence-corrected chi connectivity index (χ3v) is 7.03. The maximum Gasteiger partial charge on any atom is 0.410 e. The zero-order chi connectivity index (χ0) is 27.1. The first kappa shape index (κ1) is 27.1.